The minimum Gasteiger partial charge on any atom is -0.465 e. The van der Waals surface area contributed by atoms with Gasteiger partial charge in [0.05, 0.1) is 50.6 Å². The van der Waals surface area contributed by atoms with Crippen LogP contribution in [0.4, 0.5) is 11.4 Å². The number of carbonyl (C=O) groups excluding carboxylic acids is 2. The zero-order chi connectivity index (χ0) is 22.5. The van der Waals surface area contributed by atoms with Crippen molar-refractivity contribution in [3.63, 3.8) is 0 Å². The quantitative estimate of drug-likeness (QED) is 0.654. The van der Waals surface area contributed by atoms with Gasteiger partial charge in [0, 0.05) is 24.9 Å². The molecule has 1 saturated heterocycles. The molecule has 0 saturated carbocycles. The normalized spacial score (nSPS) is 16.2. The Morgan fingerprint density at radius 3 is 2.50 bits per heavy atom. The lowest BCUT2D eigenvalue weighted by molar-refractivity contribution is -0.139. The molecule has 1 aromatic carbocycles. The van der Waals surface area contributed by atoms with E-state index in [0.717, 1.165) is 11.3 Å². The molecule has 9 nitrogen and oxygen atoms in total. The third kappa shape index (κ3) is 4.15. The van der Waals surface area contributed by atoms with E-state index in [2.05, 4.69) is 9.88 Å². The van der Waals surface area contributed by atoms with E-state index in [0.29, 0.717) is 37.8 Å². The summed E-state index contributed by atoms with van der Waals surface area (Å²) in [5.41, 5.74) is 2.44. The molecule has 9 heteroatoms. The molecule has 0 spiro atoms. The number of oxazole rings is 1. The van der Waals surface area contributed by atoms with Gasteiger partial charge in [-0.05, 0) is 30.4 Å². The first kappa shape index (κ1) is 21.4. The largest absolute Gasteiger partial charge is 0.465 e. The summed E-state index contributed by atoms with van der Waals surface area (Å²) in [6.07, 6.45) is 9.62. The highest BCUT2D eigenvalue weighted by atomic mass is 16.5. The lowest BCUT2D eigenvalue weighted by Gasteiger charge is -2.34. The van der Waals surface area contributed by atoms with Crippen LogP contribution in [0.2, 0.25) is 0 Å². The van der Waals surface area contributed by atoms with Gasteiger partial charge >= 0.3 is 11.9 Å². The van der Waals surface area contributed by atoms with Crippen LogP contribution in [0.25, 0.3) is 11.3 Å². The fourth-order valence-electron chi connectivity index (χ4n) is 3.65. The van der Waals surface area contributed by atoms with Crippen LogP contribution >= 0.6 is 0 Å². The third-order valence-corrected chi connectivity index (χ3v) is 5.19. The summed E-state index contributed by atoms with van der Waals surface area (Å²) in [7, 11) is 2.54. The van der Waals surface area contributed by atoms with Gasteiger partial charge < -0.3 is 28.4 Å². The van der Waals surface area contributed by atoms with Crippen LogP contribution in [0.3, 0.4) is 0 Å². The van der Waals surface area contributed by atoms with Gasteiger partial charge in [0.1, 0.15) is 5.70 Å². The topological polar surface area (TPSA) is 94.3 Å². The molecule has 1 fully saturated rings. The maximum Gasteiger partial charge on any atom is 0.355 e. The van der Waals surface area contributed by atoms with Crippen LogP contribution < -0.4 is 9.80 Å². The summed E-state index contributed by atoms with van der Waals surface area (Å²) in [4.78, 5) is 33.2. The number of carbonyl (C=O) groups is 2. The molecular formula is C23H23N3O6. The molecule has 1 aromatic heterocycles. The molecule has 4 rings (SSSR count). The number of ether oxygens (including phenoxy) is 3. The van der Waals surface area contributed by atoms with E-state index in [1.54, 1.807) is 29.4 Å². The standard InChI is InChI=1S/C23H23N3O6/c1-29-22(27)17-5-3-4-8-26(21(17)23(28)30-2)19-13-16(20-14-24-15-32-20)6-7-18(19)25-9-11-31-12-10-25/h3-8,13-15H,9-12H2,1-2H3. The molecule has 2 aromatic rings. The fraction of sp³-hybridized carbons (Fsp3) is 0.261. The lowest BCUT2D eigenvalue weighted by atomic mass is 10.1. The van der Waals surface area contributed by atoms with E-state index >= 15 is 0 Å². The number of benzene rings is 1. The molecule has 3 heterocycles. The number of esters is 2. The van der Waals surface area contributed by atoms with E-state index in [9.17, 15) is 9.59 Å². The predicted octanol–water partition coefficient (Wildman–Crippen LogP) is 2.67. The SMILES string of the molecule is COC(=O)C1=C(C(=O)OC)N(c2cc(-c3cnco3)ccc2N2CCOCC2)C=CC=C1. The van der Waals surface area contributed by atoms with Crippen molar-refractivity contribution in [2.45, 2.75) is 0 Å². The van der Waals surface area contributed by atoms with E-state index in [1.807, 2.05) is 18.2 Å². The van der Waals surface area contributed by atoms with Crippen molar-refractivity contribution in [2.75, 3.05) is 50.3 Å². The van der Waals surface area contributed by atoms with Crippen LogP contribution in [0, 0.1) is 0 Å². The van der Waals surface area contributed by atoms with E-state index in [1.165, 1.54) is 26.7 Å². The highest BCUT2D eigenvalue weighted by Crippen LogP contribution is 2.38. The summed E-state index contributed by atoms with van der Waals surface area (Å²) in [6, 6.07) is 5.77. The van der Waals surface area contributed by atoms with Crippen LogP contribution in [0.1, 0.15) is 0 Å². The van der Waals surface area contributed by atoms with Crippen LogP contribution in [-0.4, -0.2) is 57.4 Å². The van der Waals surface area contributed by atoms with Crippen LogP contribution in [0.15, 0.2) is 70.9 Å². The van der Waals surface area contributed by atoms with Gasteiger partial charge in [-0.25, -0.2) is 14.6 Å². The summed E-state index contributed by atoms with van der Waals surface area (Å²) >= 11 is 0. The van der Waals surface area contributed by atoms with Crippen molar-refractivity contribution in [1.82, 2.24) is 4.98 Å². The maximum atomic E-state index is 12.9. The smallest absolute Gasteiger partial charge is 0.355 e. The number of nitrogens with zero attached hydrogens (tertiary/aromatic N) is 3. The Balaban J connectivity index is 1.92. The Kier molecular flexibility index (Phi) is 6.37. The van der Waals surface area contributed by atoms with Crippen molar-refractivity contribution in [3.05, 3.63) is 66.5 Å². The molecule has 0 N–H and O–H groups in total. The first-order chi connectivity index (χ1) is 15.6. The molecule has 32 heavy (non-hydrogen) atoms. The molecular weight excluding hydrogens is 414 g/mol. The molecule has 0 atom stereocenters. The summed E-state index contributed by atoms with van der Waals surface area (Å²) in [5.74, 6) is -0.734. The molecule has 0 bridgehead atoms. The zero-order valence-electron chi connectivity index (χ0n) is 17.8. The van der Waals surface area contributed by atoms with Gasteiger partial charge in [0.15, 0.2) is 12.2 Å². The van der Waals surface area contributed by atoms with Crippen LogP contribution in [0.5, 0.6) is 0 Å². The Hall–Kier alpha value is -3.85. The van der Waals surface area contributed by atoms with Gasteiger partial charge in [-0.1, -0.05) is 6.08 Å². The highest BCUT2D eigenvalue weighted by molar-refractivity contribution is 6.06. The highest BCUT2D eigenvalue weighted by Gasteiger charge is 2.30. The van der Waals surface area contributed by atoms with Crippen molar-refractivity contribution in [2.24, 2.45) is 0 Å². The average molecular weight is 437 g/mol. The Bertz CT molecular complexity index is 1080. The number of hydrogen-bond donors (Lipinski definition) is 0. The second-order valence-electron chi connectivity index (χ2n) is 6.98. The number of aromatic nitrogens is 1. The Morgan fingerprint density at radius 1 is 1.03 bits per heavy atom. The van der Waals surface area contributed by atoms with E-state index in [-0.39, 0.29) is 11.3 Å². The zero-order valence-corrected chi connectivity index (χ0v) is 17.8. The number of morpholine rings is 1. The summed E-state index contributed by atoms with van der Waals surface area (Å²) < 4.78 is 20.9. The fourth-order valence-corrected chi connectivity index (χ4v) is 3.65. The number of anilines is 2. The lowest BCUT2D eigenvalue weighted by Crippen LogP contribution is -2.37. The van der Waals surface area contributed by atoms with Gasteiger partial charge in [-0.2, -0.15) is 0 Å². The van der Waals surface area contributed by atoms with Crippen molar-refractivity contribution < 1.29 is 28.2 Å². The van der Waals surface area contributed by atoms with Gasteiger partial charge in [0.2, 0.25) is 0 Å². The molecule has 0 radical (unpaired) electrons. The third-order valence-electron chi connectivity index (χ3n) is 5.19. The van der Waals surface area contributed by atoms with E-state index in [4.69, 9.17) is 18.6 Å². The first-order valence-electron chi connectivity index (χ1n) is 10.0. The maximum absolute atomic E-state index is 12.9. The van der Waals surface area contributed by atoms with E-state index < -0.39 is 11.9 Å². The minimum absolute atomic E-state index is 0.0496. The first-order valence-corrected chi connectivity index (χ1v) is 10.0. The predicted molar refractivity (Wildman–Crippen MR) is 117 cm³/mol. The number of hydrogen-bond acceptors (Lipinski definition) is 9. The van der Waals surface area contributed by atoms with Crippen LogP contribution in [-0.2, 0) is 23.8 Å². The molecule has 2 aliphatic heterocycles. The van der Waals surface area contributed by atoms with Gasteiger partial charge in [-0.3, -0.25) is 0 Å². The van der Waals surface area contributed by atoms with Crippen molar-refractivity contribution in [1.29, 1.82) is 0 Å². The number of rotatable bonds is 5. The molecule has 166 valence electrons. The second kappa shape index (κ2) is 9.52. The van der Waals surface area contributed by atoms with Gasteiger partial charge in [-0.15, -0.1) is 0 Å². The summed E-state index contributed by atoms with van der Waals surface area (Å²) in [5, 5.41) is 0. The average Bonchev–Trinajstić information content (AvgIpc) is 3.29. The second-order valence-corrected chi connectivity index (χ2v) is 6.98. The minimum atomic E-state index is -0.667. The number of methoxy groups -OCH3 is 2. The number of allylic oxidation sites excluding steroid dienone is 2. The monoisotopic (exact) mass is 437 g/mol. The van der Waals surface area contributed by atoms with Gasteiger partial charge in [0.25, 0.3) is 0 Å². The molecule has 2 aliphatic rings. The Morgan fingerprint density at radius 2 is 1.81 bits per heavy atom. The summed E-state index contributed by atoms with van der Waals surface area (Å²) in [6.45, 7) is 2.55. The molecule has 0 amide bonds. The Labute approximate surface area is 185 Å². The molecule has 0 aliphatic carbocycles. The van der Waals surface area contributed by atoms with Crippen molar-refractivity contribution in [3.8, 4) is 11.3 Å². The van der Waals surface area contributed by atoms with Crippen molar-refractivity contribution >= 4 is 23.3 Å². The molecule has 0 unspecified atom stereocenters.